The molecule has 3 N–H and O–H groups in total. The van der Waals surface area contributed by atoms with E-state index in [1.807, 2.05) is 0 Å². The van der Waals surface area contributed by atoms with Gasteiger partial charge in [0, 0.05) is 25.9 Å². The lowest BCUT2D eigenvalue weighted by Crippen LogP contribution is -2.28. The molecular weight excluding hydrogens is 288 g/mol. The lowest BCUT2D eigenvalue weighted by Gasteiger charge is -2.18. The van der Waals surface area contributed by atoms with Crippen LogP contribution in [0.5, 0.6) is 0 Å². The van der Waals surface area contributed by atoms with Crippen LogP contribution >= 0.6 is 11.6 Å². The molecule has 0 atom stereocenters. The lowest BCUT2D eigenvalue weighted by molar-refractivity contribution is 0.281. The molecule has 0 aliphatic rings. The summed E-state index contributed by atoms with van der Waals surface area (Å²) in [5.41, 5.74) is 5.95. The number of hydrogen-bond donors (Lipinski definition) is 2. The molecule has 0 saturated heterocycles. The number of aliphatic hydroxyl groups excluding tert-OH is 1. The van der Waals surface area contributed by atoms with Crippen molar-refractivity contribution < 1.29 is 13.5 Å². The first kappa shape index (κ1) is 16.2. The monoisotopic (exact) mass is 306 g/mol. The third-order valence-electron chi connectivity index (χ3n) is 2.77. The molecule has 7 heteroatoms. The molecule has 1 aromatic carbocycles. The summed E-state index contributed by atoms with van der Waals surface area (Å²) in [4.78, 5) is 0.0267. The molecule has 1 rings (SSSR count). The van der Waals surface area contributed by atoms with Crippen LogP contribution in [0, 0.1) is 0 Å². The second-order valence-electron chi connectivity index (χ2n) is 4.30. The zero-order chi connectivity index (χ0) is 14.5. The predicted octanol–water partition coefficient (Wildman–Crippen LogP) is 1.71. The van der Waals surface area contributed by atoms with Gasteiger partial charge in [-0.2, -0.15) is 0 Å². The van der Waals surface area contributed by atoms with Gasteiger partial charge < -0.3 is 10.8 Å². The summed E-state index contributed by atoms with van der Waals surface area (Å²) in [5.74, 6) is 0. The van der Waals surface area contributed by atoms with Gasteiger partial charge in [-0.05, 0) is 37.5 Å². The lowest BCUT2D eigenvalue weighted by atomic mass is 10.2. The number of benzene rings is 1. The third kappa shape index (κ3) is 4.35. The fourth-order valence-corrected chi connectivity index (χ4v) is 3.34. The highest BCUT2D eigenvalue weighted by molar-refractivity contribution is 7.89. The van der Waals surface area contributed by atoms with Gasteiger partial charge in [0.1, 0.15) is 4.90 Å². The average molecular weight is 307 g/mol. The quantitative estimate of drug-likeness (QED) is 0.593. The van der Waals surface area contributed by atoms with Gasteiger partial charge >= 0.3 is 0 Å². The molecule has 0 aromatic heterocycles. The second-order valence-corrected chi connectivity index (χ2v) is 6.72. The minimum atomic E-state index is -3.62. The number of nitrogens with zero attached hydrogens (tertiary/aromatic N) is 1. The zero-order valence-electron chi connectivity index (χ0n) is 10.8. The zero-order valence-corrected chi connectivity index (χ0v) is 12.4. The SMILES string of the molecule is CN(CCCCCO)S(=O)(=O)c1cc(N)ccc1Cl. The molecule has 5 nitrogen and oxygen atoms in total. The Morgan fingerprint density at radius 2 is 2.00 bits per heavy atom. The molecule has 0 amide bonds. The molecule has 19 heavy (non-hydrogen) atoms. The van der Waals surface area contributed by atoms with Crippen LogP contribution in [0.4, 0.5) is 5.69 Å². The summed E-state index contributed by atoms with van der Waals surface area (Å²) >= 11 is 5.91. The van der Waals surface area contributed by atoms with Gasteiger partial charge in [0.2, 0.25) is 10.0 Å². The van der Waals surface area contributed by atoms with Crippen molar-refractivity contribution in [2.45, 2.75) is 24.2 Å². The van der Waals surface area contributed by atoms with Crippen molar-refractivity contribution in [1.29, 1.82) is 0 Å². The van der Waals surface area contributed by atoms with Crippen molar-refractivity contribution in [2.75, 3.05) is 25.9 Å². The molecule has 0 spiro atoms. The smallest absolute Gasteiger partial charge is 0.244 e. The number of unbranched alkanes of at least 4 members (excludes halogenated alkanes) is 2. The van der Waals surface area contributed by atoms with E-state index in [0.717, 1.165) is 6.42 Å². The van der Waals surface area contributed by atoms with Gasteiger partial charge in [-0.15, -0.1) is 0 Å². The third-order valence-corrected chi connectivity index (χ3v) is 5.11. The van der Waals surface area contributed by atoms with Crippen molar-refractivity contribution in [3.05, 3.63) is 23.2 Å². The van der Waals surface area contributed by atoms with E-state index in [1.165, 1.54) is 23.5 Å². The van der Waals surface area contributed by atoms with E-state index < -0.39 is 10.0 Å². The number of hydrogen-bond acceptors (Lipinski definition) is 4. The summed E-state index contributed by atoms with van der Waals surface area (Å²) < 4.78 is 25.9. The maximum absolute atomic E-state index is 12.3. The Hall–Kier alpha value is -0.820. The minimum Gasteiger partial charge on any atom is -0.399 e. The van der Waals surface area contributed by atoms with Gasteiger partial charge in [0.15, 0.2) is 0 Å². The molecule has 0 unspecified atom stereocenters. The summed E-state index contributed by atoms with van der Waals surface area (Å²) in [6.07, 6.45) is 2.14. The van der Waals surface area contributed by atoms with Crippen molar-refractivity contribution in [3.8, 4) is 0 Å². The summed E-state index contributed by atoms with van der Waals surface area (Å²) in [6, 6.07) is 4.40. The van der Waals surface area contributed by atoms with Gasteiger partial charge in [-0.1, -0.05) is 11.6 Å². The fourth-order valence-electron chi connectivity index (χ4n) is 1.63. The Bertz CT molecular complexity index is 520. The number of halogens is 1. The van der Waals surface area contributed by atoms with Crippen LogP contribution in [0.2, 0.25) is 5.02 Å². The van der Waals surface area contributed by atoms with Crippen molar-refractivity contribution >= 4 is 27.3 Å². The predicted molar refractivity (Wildman–Crippen MR) is 76.6 cm³/mol. The first-order valence-electron chi connectivity index (χ1n) is 6.02. The Morgan fingerprint density at radius 3 is 2.63 bits per heavy atom. The van der Waals surface area contributed by atoms with Crippen molar-refractivity contribution in [3.63, 3.8) is 0 Å². The van der Waals surface area contributed by atoms with Gasteiger partial charge in [0.05, 0.1) is 5.02 Å². The van der Waals surface area contributed by atoms with E-state index in [9.17, 15) is 8.42 Å². The van der Waals surface area contributed by atoms with Gasteiger partial charge in [-0.3, -0.25) is 0 Å². The van der Waals surface area contributed by atoms with E-state index in [4.69, 9.17) is 22.4 Å². The minimum absolute atomic E-state index is 0.0267. The average Bonchev–Trinajstić information content (AvgIpc) is 2.37. The van der Waals surface area contributed by atoms with E-state index in [0.29, 0.717) is 25.1 Å². The Labute approximate surface area is 119 Å². The molecule has 0 fully saturated rings. The maximum atomic E-state index is 12.3. The number of nitrogen functional groups attached to an aromatic ring is 1. The van der Waals surface area contributed by atoms with Crippen LogP contribution in [-0.4, -0.2) is 38.0 Å². The molecule has 0 heterocycles. The fraction of sp³-hybridized carbons (Fsp3) is 0.500. The summed E-state index contributed by atoms with van der Waals surface area (Å²) in [7, 11) is -2.11. The van der Waals surface area contributed by atoms with Gasteiger partial charge in [-0.25, -0.2) is 12.7 Å². The molecule has 0 saturated carbocycles. The molecule has 0 aliphatic carbocycles. The van der Waals surface area contributed by atoms with Crippen molar-refractivity contribution in [1.82, 2.24) is 4.31 Å². The Morgan fingerprint density at radius 1 is 1.32 bits per heavy atom. The standard InChI is InChI=1S/C12H19ClN2O3S/c1-15(7-3-2-4-8-16)19(17,18)12-9-10(14)5-6-11(12)13/h5-6,9,16H,2-4,7-8,14H2,1H3. The molecule has 0 bridgehead atoms. The number of rotatable bonds is 7. The first-order chi connectivity index (χ1) is 8.89. The van der Waals surface area contributed by atoms with Crippen LogP contribution in [0.3, 0.4) is 0 Å². The molecule has 0 radical (unpaired) electrons. The number of nitrogens with two attached hydrogens (primary N) is 1. The largest absolute Gasteiger partial charge is 0.399 e. The molecule has 1 aromatic rings. The van der Waals surface area contributed by atoms with Crippen LogP contribution in [0.25, 0.3) is 0 Å². The van der Waals surface area contributed by atoms with E-state index in [2.05, 4.69) is 0 Å². The highest BCUT2D eigenvalue weighted by atomic mass is 35.5. The van der Waals surface area contributed by atoms with Crippen LogP contribution in [-0.2, 0) is 10.0 Å². The Balaban J connectivity index is 2.82. The highest BCUT2D eigenvalue weighted by Crippen LogP contribution is 2.26. The van der Waals surface area contributed by atoms with E-state index >= 15 is 0 Å². The van der Waals surface area contributed by atoms with E-state index in [1.54, 1.807) is 6.07 Å². The summed E-state index contributed by atoms with van der Waals surface area (Å²) in [5, 5.41) is 8.84. The number of aliphatic hydroxyl groups is 1. The Kier molecular flexibility index (Phi) is 6.06. The topological polar surface area (TPSA) is 83.6 Å². The van der Waals surface area contributed by atoms with Crippen LogP contribution in [0.1, 0.15) is 19.3 Å². The van der Waals surface area contributed by atoms with Crippen LogP contribution < -0.4 is 5.73 Å². The molecule has 0 aliphatic heterocycles. The second kappa shape index (κ2) is 7.09. The first-order valence-corrected chi connectivity index (χ1v) is 7.83. The molecular formula is C12H19ClN2O3S. The van der Waals surface area contributed by atoms with Crippen molar-refractivity contribution in [2.24, 2.45) is 0 Å². The van der Waals surface area contributed by atoms with E-state index in [-0.39, 0.29) is 16.5 Å². The summed E-state index contributed by atoms with van der Waals surface area (Å²) in [6.45, 7) is 0.505. The van der Waals surface area contributed by atoms with Gasteiger partial charge in [0.25, 0.3) is 0 Å². The number of sulfonamides is 1. The normalized spacial score (nSPS) is 12.0. The van der Waals surface area contributed by atoms with Crippen LogP contribution in [0.15, 0.2) is 23.1 Å². The highest BCUT2D eigenvalue weighted by Gasteiger charge is 2.23. The number of anilines is 1. The maximum Gasteiger partial charge on any atom is 0.244 e. The molecule has 108 valence electrons.